The lowest BCUT2D eigenvalue weighted by Gasteiger charge is -2.13. The Hall–Kier alpha value is -4.00. The number of carbonyl (C=O) groups is 1. The molecule has 0 radical (unpaired) electrons. The molecule has 12 heteroatoms. The molecule has 1 amide bonds. The number of anilines is 2. The van der Waals surface area contributed by atoms with Gasteiger partial charge in [-0.15, -0.1) is 0 Å². The fourth-order valence-electron chi connectivity index (χ4n) is 4.57. The van der Waals surface area contributed by atoms with E-state index in [-0.39, 0.29) is 37.7 Å². The van der Waals surface area contributed by atoms with E-state index in [4.69, 9.17) is 17.0 Å². The highest BCUT2D eigenvalue weighted by atomic mass is 32.2. The summed E-state index contributed by atoms with van der Waals surface area (Å²) in [6.45, 7) is 6.79. The molecule has 1 aromatic carbocycles. The smallest absolute Gasteiger partial charge is 0.296 e. The molecule has 3 aromatic heterocycles. The van der Waals surface area contributed by atoms with Crippen LogP contribution in [0.1, 0.15) is 31.5 Å². The van der Waals surface area contributed by atoms with Crippen molar-refractivity contribution in [1.82, 2.24) is 18.7 Å². The summed E-state index contributed by atoms with van der Waals surface area (Å²) in [5, 5.41) is 3.24. The number of pyridine rings is 1. The first-order valence-electron chi connectivity index (χ1n) is 13.2. The van der Waals surface area contributed by atoms with Crippen molar-refractivity contribution in [3.05, 3.63) is 91.6 Å². The van der Waals surface area contributed by atoms with E-state index in [1.165, 1.54) is 20.1 Å². The summed E-state index contributed by atoms with van der Waals surface area (Å²) in [6, 6.07) is 14.5. The third-order valence-corrected chi connectivity index (χ3v) is 7.95. The molecule has 4 aromatic rings. The Labute approximate surface area is 246 Å². The number of fused-ring (bicyclic) bond motifs is 1. The zero-order chi connectivity index (χ0) is 29.3. The number of benzene rings is 1. The number of nitrogens with one attached hydrogen (secondary N) is 1. The summed E-state index contributed by atoms with van der Waals surface area (Å²) in [6.07, 6.45) is 3.97. The van der Waals surface area contributed by atoms with Gasteiger partial charge in [0.05, 0.1) is 28.0 Å². The van der Waals surface area contributed by atoms with Gasteiger partial charge in [0, 0.05) is 26.4 Å². The highest BCUT2D eigenvalue weighted by Crippen LogP contribution is 2.36. The molecule has 1 N–H and O–H groups in total. The van der Waals surface area contributed by atoms with Crippen LogP contribution in [0.25, 0.3) is 17.4 Å². The summed E-state index contributed by atoms with van der Waals surface area (Å²) in [5.74, 6) is -0.113. The Morgan fingerprint density at radius 3 is 2.54 bits per heavy atom. The van der Waals surface area contributed by atoms with Crippen molar-refractivity contribution < 1.29 is 9.53 Å². The Bertz CT molecular complexity index is 1790. The van der Waals surface area contributed by atoms with Gasteiger partial charge in [-0.1, -0.05) is 48.2 Å². The molecule has 0 aliphatic carbocycles. The average Bonchev–Trinajstić information content (AvgIpc) is 3.35. The number of aromatic nitrogens is 4. The molecule has 10 nitrogen and oxygen atoms in total. The second-order valence-corrected chi connectivity index (χ2v) is 11.4. The number of ether oxygens (including phenoxy) is 1. The number of rotatable bonds is 9. The van der Waals surface area contributed by atoms with Crippen molar-refractivity contribution >= 4 is 57.4 Å². The van der Waals surface area contributed by atoms with Gasteiger partial charge in [-0.25, -0.2) is 9.67 Å². The van der Waals surface area contributed by atoms with E-state index < -0.39 is 5.91 Å². The predicted molar refractivity (Wildman–Crippen MR) is 167 cm³/mol. The third-order valence-electron chi connectivity index (χ3n) is 6.65. The maximum Gasteiger partial charge on any atom is 0.296 e. The van der Waals surface area contributed by atoms with Crippen LogP contribution in [0.5, 0.6) is 0 Å². The molecule has 1 fully saturated rings. The minimum Gasteiger partial charge on any atom is -0.379 e. The van der Waals surface area contributed by atoms with Crippen molar-refractivity contribution in [3.63, 3.8) is 0 Å². The minimum absolute atomic E-state index is 0.126. The van der Waals surface area contributed by atoms with E-state index in [2.05, 4.69) is 10.3 Å². The first kappa shape index (κ1) is 28.5. The van der Waals surface area contributed by atoms with E-state index in [0.29, 0.717) is 42.4 Å². The van der Waals surface area contributed by atoms with Crippen LogP contribution in [-0.4, -0.2) is 48.2 Å². The molecule has 5 rings (SSSR count). The third kappa shape index (κ3) is 5.50. The average molecular weight is 591 g/mol. The molecule has 0 spiro atoms. The summed E-state index contributed by atoms with van der Waals surface area (Å²) < 4.78 is 10.4. The first-order chi connectivity index (χ1) is 19.7. The Morgan fingerprint density at radius 2 is 1.80 bits per heavy atom. The Kier molecular flexibility index (Phi) is 8.25. The minimum atomic E-state index is -0.472. The summed E-state index contributed by atoms with van der Waals surface area (Å²) in [5.41, 5.74) is 1.43. The van der Waals surface area contributed by atoms with Gasteiger partial charge in [0.2, 0.25) is 0 Å². The van der Waals surface area contributed by atoms with Crippen LogP contribution >= 0.6 is 24.0 Å². The van der Waals surface area contributed by atoms with Crippen LogP contribution < -0.4 is 21.3 Å². The van der Waals surface area contributed by atoms with Crippen LogP contribution in [0, 0.1) is 6.92 Å². The summed E-state index contributed by atoms with van der Waals surface area (Å²) >= 11 is 6.63. The lowest BCUT2D eigenvalue weighted by molar-refractivity contribution is -0.113. The predicted octanol–water partition coefficient (Wildman–Crippen LogP) is 4.13. The topological polar surface area (TPSA) is 103 Å². The second kappa shape index (κ2) is 11.9. The van der Waals surface area contributed by atoms with Crippen LogP contribution in [0.15, 0.2) is 69.2 Å². The number of thiocarbonyl (C=S) groups is 1. The molecule has 4 heterocycles. The number of nitrogens with zero attached hydrogens (tertiary/aromatic N) is 5. The fraction of sp³-hybridized carbons (Fsp3) is 0.276. The number of thioether (sulfide) groups is 1. The van der Waals surface area contributed by atoms with Gasteiger partial charge in [-0.05, 0) is 57.5 Å². The number of amides is 1. The van der Waals surface area contributed by atoms with E-state index in [1.54, 1.807) is 43.0 Å². The monoisotopic (exact) mass is 590 g/mol. The highest BCUT2D eigenvalue weighted by Gasteiger charge is 2.38. The Morgan fingerprint density at radius 1 is 1.07 bits per heavy atom. The second-order valence-electron chi connectivity index (χ2n) is 9.74. The maximum absolute atomic E-state index is 13.8. The number of carbonyl (C=O) groups excluding carboxylic acids is 1. The molecule has 41 heavy (non-hydrogen) atoms. The van der Waals surface area contributed by atoms with Crippen LogP contribution in [-0.2, 0) is 16.6 Å². The van der Waals surface area contributed by atoms with Crippen molar-refractivity contribution in [2.75, 3.05) is 23.4 Å². The van der Waals surface area contributed by atoms with Crippen molar-refractivity contribution in [2.24, 2.45) is 7.05 Å². The van der Waals surface area contributed by atoms with Gasteiger partial charge in [-0.2, -0.15) is 0 Å². The quantitative estimate of drug-likeness (QED) is 0.176. The van der Waals surface area contributed by atoms with Crippen molar-refractivity contribution in [2.45, 2.75) is 33.3 Å². The molecule has 1 aliphatic heterocycles. The molecule has 0 saturated carbocycles. The maximum atomic E-state index is 13.8. The van der Waals surface area contributed by atoms with E-state index in [1.807, 2.05) is 44.2 Å². The van der Waals surface area contributed by atoms with Gasteiger partial charge in [0.15, 0.2) is 4.32 Å². The largest absolute Gasteiger partial charge is 0.379 e. The molecule has 1 aliphatic rings. The summed E-state index contributed by atoms with van der Waals surface area (Å²) in [4.78, 5) is 47.0. The first-order valence-corrected chi connectivity index (χ1v) is 14.4. The van der Waals surface area contributed by atoms with E-state index in [9.17, 15) is 14.4 Å². The standard InChI is InChI=1S/C29H30N6O4S2/c1-18(2)39-16-10-14-30-25-21(26(36)33-15-9-8-13-23(33)31-25)17-22-27(37)34(29(40)41-22)24-19(3)32(4)35(28(24)38)20-11-6-5-7-12-20/h5-9,11-13,15,17-18,30H,10,14,16H2,1-4H3/b22-17+. The number of para-hydroxylation sites is 1. The fourth-order valence-corrected chi connectivity index (χ4v) is 5.82. The van der Waals surface area contributed by atoms with Gasteiger partial charge in [0.25, 0.3) is 17.0 Å². The lowest BCUT2D eigenvalue weighted by atomic mass is 10.2. The Balaban J connectivity index is 1.53. The molecule has 0 atom stereocenters. The van der Waals surface area contributed by atoms with Gasteiger partial charge < -0.3 is 10.1 Å². The number of hydrogen-bond acceptors (Lipinski definition) is 8. The summed E-state index contributed by atoms with van der Waals surface area (Å²) in [7, 11) is 1.76. The van der Waals surface area contributed by atoms with Gasteiger partial charge in [-0.3, -0.25) is 28.4 Å². The van der Waals surface area contributed by atoms with Crippen LogP contribution in [0.2, 0.25) is 0 Å². The molecule has 212 valence electrons. The molecular weight excluding hydrogens is 560 g/mol. The zero-order valence-electron chi connectivity index (χ0n) is 23.2. The molecule has 1 saturated heterocycles. The lowest BCUT2D eigenvalue weighted by Crippen LogP contribution is -2.33. The van der Waals surface area contributed by atoms with E-state index in [0.717, 1.165) is 11.8 Å². The highest BCUT2D eigenvalue weighted by molar-refractivity contribution is 8.27. The van der Waals surface area contributed by atoms with Crippen LogP contribution in [0.3, 0.4) is 0 Å². The van der Waals surface area contributed by atoms with Crippen LogP contribution in [0.4, 0.5) is 11.5 Å². The SMILES string of the molecule is Cc1c(N2C(=O)/C(=C\c3c(NCCCOC(C)C)nc4ccccn4c3=O)SC2=S)c(=O)n(-c2ccccc2)n1C. The van der Waals surface area contributed by atoms with Gasteiger partial charge >= 0.3 is 0 Å². The number of hydrogen-bond donors (Lipinski definition) is 1. The van der Waals surface area contributed by atoms with E-state index >= 15 is 0 Å². The van der Waals surface area contributed by atoms with Crippen molar-refractivity contribution in [1.29, 1.82) is 0 Å². The zero-order valence-corrected chi connectivity index (χ0v) is 24.8. The molecular formula is C29H30N6O4S2. The van der Waals surface area contributed by atoms with Crippen molar-refractivity contribution in [3.8, 4) is 5.69 Å². The molecule has 0 bridgehead atoms. The molecule has 0 unspecified atom stereocenters. The van der Waals surface area contributed by atoms with Gasteiger partial charge in [0.1, 0.15) is 17.2 Å². The normalized spacial score (nSPS) is 14.7.